The summed E-state index contributed by atoms with van der Waals surface area (Å²) in [5.74, 6) is 0. The zero-order chi connectivity index (χ0) is 14.7. The highest BCUT2D eigenvalue weighted by Crippen LogP contribution is 2.31. The molecule has 0 bridgehead atoms. The van der Waals surface area contributed by atoms with Gasteiger partial charge in [-0.3, -0.25) is 0 Å². The second kappa shape index (κ2) is 5.82. The van der Waals surface area contributed by atoms with Gasteiger partial charge in [0.05, 0.1) is 6.07 Å². The molecule has 0 radical (unpaired) electrons. The van der Waals surface area contributed by atoms with Crippen LogP contribution in [0.1, 0.15) is 65.5 Å². The van der Waals surface area contributed by atoms with Crippen LogP contribution < -0.4 is 5.46 Å². The fourth-order valence-corrected chi connectivity index (χ4v) is 2.27. The van der Waals surface area contributed by atoms with Crippen molar-refractivity contribution in [2.75, 3.05) is 0 Å². The Balaban J connectivity index is 3.30. The maximum absolute atomic E-state index is 9.58. The molecule has 1 nitrogen and oxygen atoms in total. The smallest absolute Gasteiger partial charge is 0.165 e. The maximum atomic E-state index is 9.58. The number of hydrogen-bond acceptors (Lipinski definition) is 1. The van der Waals surface area contributed by atoms with E-state index >= 15 is 0 Å². The molecule has 0 atom stereocenters. The van der Waals surface area contributed by atoms with E-state index in [1.165, 1.54) is 11.0 Å². The fraction of sp³-hybridized carbons (Fsp3) is 0.588. The first-order chi connectivity index (χ1) is 8.77. The van der Waals surface area contributed by atoms with Crippen LogP contribution in [0.4, 0.5) is 0 Å². The lowest BCUT2D eigenvalue weighted by Gasteiger charge is -2.27. The van der Waals surface area contributed by atoms with Gasteiger partial charge in [0.1, 0.15) is 0 Å². The van der Waals surface area contributed by atoms with E-state index in [2.05, 4.69) is 65.8 Å². The lowest BCUT2D eigenvalue weighted by molar-refractivity contribution is 0.505. The van der Waals surface area contributed by atoms with Crippen molar-refractivity contribution in [3.8, 4) is 6.07 Å². The summed E-state index contributed by atoms with van der Waals surface area (Å²) in [5, 5.41) is 9.83. The molecule has 0 saturated heterocycles. The minimum absolute atomic E-state index is 0.0669. The summed E-state index contributed by atoms with van der Waals surface area (Å²) in [7, 11) is 0.972. The molecule has 0 heterocycles. The van der Waals surface area contributed by atoms with Crippen molar-refractivity contribution in [3.63, 3.8) is 0 Å². The molecule has 0 spiro atoms. The molecule has 0 aliphatic heterocycles. The Labute approximate surface area is 119 Å². The van der Waals surface area contributed by atoms with E-state index < -0.39 is 0 Å². The minimum Gasteiger partial charge on any atom is -0.192 e. The molecular weight excluding hydrogens is 229 g/mol. The summed E-state index contributed by atoms with van der Waals surface area (Å²) in [6.07, 6.45) is 2.17. The lowest BCUT2D eigenvalue weighted by atomic mass is 9.48. The Morgan fingerprint density at radius 3 is 2.21 bits per heavy atom. The molecule has 0 aliphatic rings. The van der Waals surface area contributed by atoms with Gasteiger partial charge in [-0.25, -0.2) is 0 Å². The van der Waals surface area contributed by atoms with Gasteiger partial charge in [-0.15, -0.1) is 0 Å². The third-order valence-corrected chi connectivity index (χ3v) is 4.50. The zero-order valence-corrected chi connectivity index (χ0v) is 13.3. The SMILES string of the molecule is CCC(C)(C)Bc1cccc(C(C)(C)CC)c1C#N. The Morgan fingerprint density at radius 1 is 1.11 bits per heavy atom. The summed E-state index contributed by atoms with van der Waals surface area (Å²) in [6, 6.07) is 8.79. The molecule has 2 heteroatoms. The van der Waals surface area contributed by atoms with Crippen LogP contribution in [-0.4, -0.2) is 7.28 Å². The monoisotopic (exact) mass is 255 g/mol. The largest absolute Gasteiger partial charge is 0.192 e. The van der Waals surface area contributed by atoms with Gasteiger partial charge in [0.2, 0.25) is 0 Å². The Morgan fingerprint density at radius 2 is 1.74 bits per heavy atom. The summed E-state index contributed by atoms with van der Waals surface area (Å²) in [5.41, 5.74) is 3.36. The number of hydrogen-bond donors (Lipinski definition) is 0. The summed E-state index contributed by atoms with van der Waals surface area (Å²) in [4.78, 5) is 0. The van der Waals surface area contributed by atoms with Crippen LogP contribution in [0.25, 0.3) is 0 Å². The van der Waals surface area contributed by atoms with Gasteiger partial charge >= 0.3 is 0 Å². The van der Waals surface area contributed by atoms with Crippen LogP contribution in [0.5, 0.6) is 0 Å². The van der Waals surface area contributed by atoms with Crippen LogP contribution in [0.15, 0.2) is 18.2 Å². The van der Waals surface area contributed by atoms with Crippen molar-refractivity contribution >= 4 is 12.7 Å². The Hall–Kier alpha value is -1.23. The fourth-order valence-electron chi connectivity index (χ4n) is 2.27. The van der Waals surface area contributed by atoms with Crippen molar-refractivity contribution in [2.45, 2.75) is 65.1 Å². The van der Waals surface area contributed by atoms with Crippen LogP contribution in [0.2, 0.25) is 5.31 Å². The standard InChI is InChI=1S/C17H26BN/c1-7-16(3,4)14-10-9-11-15(13(14)12-19)18-17(5,6)8-2/h9-11,18H,7-8H2,1-6H3. The molecule has 0 aliphatic carbocycles. The number of nitriles is 1. The van der Waals surface area contributed by atoms with E-state index in [-0.39, 0.29) is 10.7 Å². The molecule has 0 aromatic heterocycles. The third-order valence-electron chi connectivity index (χ3n) is 4.50. The highest BCUT2D eigenvalue weighted by molar-refractivity contribution is 6.57. The zero-order valence-electron chi connectivity index (χ0n) is 13.3. The molecule has 0 amide bonds. The van der Waals surface area contributed by atoms with Gasteiger partial charge in [-0.1, -0.05) is 76.9 Å². The average Bonchev–Trinajstić information content (AvgIpc) is 2.38. The molecule has 19 heavy (non-hydrogen) atoms. The van der Waals surface area contributed by atoms with Crippen LogP contribution >= 0.6 is 0 Å². The first kappa shape index (κ1) is 15.8. The van der Waals surface area contributed by atoms with E-state index in [1.54, 1.807) is 0 Å². The van der Waals surface area contributed by atoms with Gasteiger partial charge in [0, 0.05) is 5.56 Å². The van der Waals surface area contributed by atoms with Crippen molar-refractivity contribution in [1.82, 2.24) is 0 Å². The molecule has 1 aromatic carbocycles. The molecule has 0 saturated carbocycles. The molecule has 0 fully saturated rings. The van der Waals surface area contributed by atoms with E-state index in [0.717, 1.165) is 25.7 Å². The van der Waals surface area contributed by atoms with Gasteiger partial charge in [-0.2, -0.15) is 5.26 Å². The first-order valence-corrected chi connectivity index (χ1v) is 7.30. The predicted molar refractivity (Wildman–Crippen MR) is 85.6 cm³/mol. The molecular formula is C17H26BN. The predicted octanol–water partition coefficient (Wildman–Crippen LogP) is 3.92. The van der Waals surface area contributed by atoms with Crippen molar-refractivity contribution in [2.24, 2.45) is 0 Å². The van der Waals surface area contributed by atoms with E-state index in [4.69, 9.17) is 0 Å². The van der Waals surface area contributed by atoms with Crippen molar-refractivity contribution in [3.05, 3.63) is 29.3 Å². The van der Waals surface area contributed by atoms with E-state index in [9.17, 15) is 5.26 Å². The summed E-state index contributed by atoms with van der Waals surface area (Å²) in [6.45, 7) is 13.4. The second-order valence-corrected chi connectivity index (χ2v) is 6.88. The van der Waals surface area contributed by atoms with Crippen molar-refractivity contribution in [1.29, 1.82) is 5.26 Å². The van der Waals surface area contributed by atoms with Crippen LogP contribution in [0.3, 0.4) is 0 Å². The highest BCUT2D eigenvalue weighted by atomic mass is 14.3. The number of nitrogens with zero attached hydrogens (tertiary/aromatic N) is 1. The lowest BCUT2D eigenvalue weighted by Crippen LogP contribution is -2.30. The summed E-state index contributed by atoms with van der Waals surface area (Å²) < 4.78 is 0. The van der Waals surface area contributed by atoms with Gasteiger partial charge in [0.25, 0.3) is 0 Å². The van der Waals surface area contributed by atoms with E-state index in [1.807, 2.05) is 0 Å². The highest BCUT2D eigenvalue weighted by Gasteiger charge is 2.26. The maximum Gasteiger partial charge on any atom is 0.165 e. The van der Waals surface area contributed by atoms with Crippen molar-refractivity contribution < 1.29 is 0 Å². The van der Waals surface area contributed by atoms with Gasteiger partial charge in [0.15, 0.2) is 7.28 Å². The summed E-state index contributed by atoms with van der Waals surface area (Å²) >= 11 is 0. The first-order valence-electron chi connectivity index (χ1n) is 7.30. The Kier molecular flexibility index (Phi) is 4.85. The quantitative estimate of drug-likeness (QED) is 0.731. The van der Waals surface area contributed by atoms with E-state index in [0.29, 0.717) is 0 Å². The topological polar surface area (TPSA) is 23.8 Å². The molecule has 0 N–H and O–H groups in total. The molecule has 102 valence electrons. The minimum atomic E-state index is 0.0669. The van der Waals surface area contributed by atoms with Gasteiger partial charge < -0.3 is 0 Å². The average molecular weight is 255 g/mol. The molecule has 0 unspecified atom stereocenters. The van der Waals surface area contributed by atoms with Crippen LogP contribution in [-0.2, 0) is 5.41 Å². The number of rotatable bonds is 5. The van der Waals surface area contributed by atoms with Gasteiger partial charge in [-0.05, 0) is 17.4 Å². The second-order valence-electron chi connectivity index (χ2n) is 6.88. The third kappa shape index (κ3) is 3.63. The Bertz CT molecular complexity index is 481. The molecule has 1 rings (SSSR count). The normalized spacial score (nSPS) is 12.1. The molecule has 1 aromatic rings. The van der Waals surface area contributed by atoms with Crippen LogP contribution in [0, 0.1) is 11.3 Å². The number of benzene rings is 1.